The molecule has 0 bridgehead atoms. The van der Waals surface area contributed by atoms with Crippen LogP contribution in [0.15, 0.2) is 54.7 Å². The molecule has 0 amide bonds. The van der Waals surface area contributed by atoms with Gasteiger partial charge >= 0.3 is 12.4 Å². The number of H-pyrrole nitrogens is 1. The number of imidazole rings is 1. The molecule has 3 nitrogen and oxygen atoms in total. The molecule has 3 aromatic rings. The van der Waals surface area contributed by atoms with Gasteiger partial charge in [-0.25, -0.2) is 4.98 Å². The molecule has 0 saturated carbocycles. The summed E-state index contributed by atoms with van der Waals surface area (Å²) in [5, 5.41) is 0.551. The summed E-state index contributed by atoms with van der Waals surface area (Å²) in [4.78, 5) is 8.81. The Morgan fingerprint density at radius 3 is 2.44 bits per heavy atom. The number of aromatic amines is 1. The van der Waals surface area contributed by atoms with Gasteiger partial charge in [-0.1, -0.05) is 41.9 Å². The first kappa shape index (κ1) is 28.3. The van der Waals surface area contributed by atoms with Gasteiger partial charge in [0.15, 0.2) is 0 Å². The number of nitrogens with zero attached hydrogens (tertiary/aromatic N) is 2. The Kier molecular flexibility index (Phi) is 9.01. The van der Waals surface area contributed by atoms with E-state index in [1.54, 1.807) is 35.2 Å². The normalized spacial score (nSPS) is 18.0. The minimum Gasteiger partial charge on any atom is -0.342 e. The van der Waals surface area contributed by atoms with E-state index < -0.39 is 23.8 Å². The van der Waals surface area contributed by atoms with Crippen LogP contribution >= 0.6 is 24.0 Å². The van der Waals surface area contributed by atoms with Crippen LogP contribution in [-0.2, 0) is 12.6 Å². The minimum atomic E-state index is -4.46. The number of aromatic nitrogens is 2. The second-order valence-corrected chi connectivity index (χ2v) is 9.35. The number of nitrogens with one attached hydrogen (secondary N) is 1. The molecule has 4 rings (SSSR count). The van der Waals surface area contributed by atoms with Crippen molar-refractivity contribution in [1.82, 2.24) is 14.9 Å². The highest BCUT2D eigenvalue weighted by Gasteiger charge is 2.41. The van der Waals surface area contributed by atoms with Crippen LogP contribution in [0.4, 0.5) is 26.3 Å². The lowest BCUT2D eigenvalue weighted by Gasteiger charge is -2.35. The van der Waals surface area contributed by atoms with Gasteiger partial charge in [0.25, 0.3) is 0 Å². The van der Waals surface area contributed by atoms with Gasteiger partial charge in [0, 0.05) is 24.5 Å². The Morgan fingerprint density at radius 1 is 1.06 bits per heavy atom. The van der Waals surface area contributed by atoms with Crippen molar-refractivity contribution in [2.24, 2.45) is 5.92 Å². The Balaban J connectivity index is 0.00000361. The van der Waals surface area contributed by atoms with Crippen molar-refractivity contribution in [1.29, 1.82) is 0 Å². The minimum absolute atomic E-state index is 0. The molecule has 0 aliphatic carbocycles. The number of rotatable bonds is 6. The van der Waals surface area contributed by atoms with E-state index in [0.29, 0.717) is 35.7 Å². The fourth-order valence-electron chi connectivity index (χ4n) is 4.53. The molecule has 0 radical (unpaired) electrons. The summed E-state index contributed by atoms with van der Waals surface area (Å²) in [5.41, 5.74) is 1.12. The van der Waals surface area contributed by atoms with Crippen molar-refractivity contribution < 1.29 is 26.3 Å². The van der Waals surface area contributed by atoms with Crippen molar-refractivity contribution in [3.8, 4) is 11.3 Å². The predicted octanol–water partition coefficient (Wildman–Crippen LogP) is 7.77. The molecule has 1 saturated heterocycles. The molecule has 2 unspecified atom stereocenters. The van der Waals surface area contributed by atoms with Crippen LogP contribution < -0.4 is 0 Å². The standard InChI is InChI=1S/C25H24ClF6N3.ClH/c26-21-8-6-16(7-9-21)22-13-33-23(34-22)12-20(25(30,31)32)15-35-10-2-4-18(14-35)17-3-1-5-19(11-17)24(27,28)29;/h1,3,5-9,11,13,18,20H,2,4,10,12,14-15H2,(H,33,34);1H. The third kappa shape index (κ3) is 7.17. The second kappa shape index (κ2) is 11.4. The zero-order chi connectivity index (χ0) is 25.2. The van der Waals surface area contributed by atoms with E-state index in [0.717, 1.165) is 17.7 Å². The highest BCUT2D eigenvalue weighted by atomic mass is 35.5. The lowest BCUT2D eigenvalue weighted by molar-refractivity contribution is -0.180. The molecule has 1 aromatic heterocycles. The Labute approximate surface area is 216 Å². The summed E-state index contributed by atoms with van der Waals surface area (Å²) in [6.45, 7) is 0.508. The maximum Gasteiger partial charge on any atom is 0.416 e. The topological polar surface area (TPSA) is 31.9 Å². The largest absolute Gasteiger partial charge is 0.416 e. The first-order valence-electron chi connectivity index (χ1n) is 11.2. The molecule has 1 aliphatic heterocycles. The SMILES string of the molecule is Cl.FC(F)(F)c1cccc(C2CCCN(CC(Cc3ncc(-c4ccc(Cl)cc4)[nH]3)C(F)(F)F)C2)c1. The maximum absolute atomic E-state index is 13.9. The van der Waals surface area contributed by atoms with E-state index in [-0.39, 0.29) is 43.7 Å². The predicted molar refractivity (Wildman–Crippen MR) is 129 cm³/mol. The molecule has 1 aliphatic rings. The van der Waals surface area contributed by atoms with Crippen LogP contribution in [0.3, 0.4) is 0 Å². The maximum atomic E-state index is 13.9. The molecule has 36 heavy (non-hydrogen) atoms. The summed E-state index contributed by atoms with van der Waals surface area (Å²) in [6.07, 6.45) is -6.47. The molecule has 2 aromatic carbocycles. The third-order valence-electron chi connectivity index (χ3n) is 6.36. The monoisotopic (exact) mass is 551 g/mol. The summed E-state index contributed by atoms with van der Waals surface area (Å²) in [5.74, 6) is -1.68. The first-order chi connectivity index (χ1) is 16.5. The molecule has 1 fully saturated rings. The smallest absolute Gasteiger partial charge is 0.342 e. The van der Waals surface area contributed by atoms with E-state index in [1.165, 1.54) is 12.3 Å². The molecule has 196 valence electrons. The van der Waals surface area contributed by atoms with Gasteiger partial charge in [-0.2, -0.15) is 26.3 Å². The molecule has 1 N–H and O–H groups in total. The number of likely N-dealkylation sites (tertiary alicyclic amines) is 1. The molecule has 2 heterocycles. The highest BCUT2D eigenvalue weighted by Crippen LogP contribution is 2.35. The van der Waals surface area contributed by atoms with Crippen molar-refractivity contribution in [2.75, 3.05) is 19.6 Å². The fraction of sp³-hybridized carbons (Fsp3) is 0.400. The second-order valence-electron chi connectivity index (χ2n) is 8.92. The lowest BCUT2D eigenvalue weighted by Crippen LogP contribution is -2.42. The average Bonchev–Trinajstić information content (AvgIpc) is 3.27. The van der Waals surface area contributed by atoms with Crippen molar-refractivity contribution in [3.63, 3.8) is 0 Å². The third-order valence-corrected chi connectivity index (χ3v) is 6.61. The van der Waals surface area contributed by atoms with E-state index in [2.05, 4.69) is 9.97 Å². The van der Waals surface area contributed by atoms with Gasteiger partial charge in [0.05, 0.1) is 23.4 Å². The Hall–Kier alpha value is -2.23. The van der Waals surface area contributed by atoms with E-state index in [1.807, 2.05) is 0 Å². The van der Waals surface area contributed by atoms with E-state index in [9.17, 15) is 26.3 Å². The number of alkyl halides is 6. The van der Waals surface area contributed by atoms with E-state index in [4.69, 9.17) is 11.6 Å². The van der Waals surface area contributed by atoms with E-state index >= 15 is 0 Å². The van der Waals surface area contributed by atoms with Crippen molar-refractivity contribution >= 4 is 24.0 Å². The number of piperidine rings is 1. The van der Waals surface area contributed by atoms with Crippen LogP contribution in [-0.4, -0.2) is 40.7 Å². The first-order valence-corrected chi connectivity index (χ1v) is 11.6. The zero-order valence-corrected chi connectivity index (χ0v) is 20.6. The van der Waals surface area contributed by atoms with Gasteiger partial charge < -0.3 is 9.88 Å². The van der Waals surface area contributed by atoms with Gasteiger partial charge in [0.2, 0.25) is 0 Å². The van der Waals surface area contributed by atoms with Gasteiger partial charge in [-0.3, -0.25) is 0 Å². The number of hydrogen-bond donors (Lipinski definition) is 1. The number of benzene rings is 2. The van der Waals surface area contributed by atoms with Crippen molar-refractivity contribution in [3.05, 3.63) is 76.7 Å². The van der Waals surface area contributed by atoms with Gasteiger partial charge in [-0.15, -0.1) is 12.4 Å². The van der Waals surface area contributed by atoms with Crippen LogP contribution in [0.1, 0.15) is 35.7 Å². The fourth-order valence-corrected chi connectivity index (χ4v) is 4.66. The zero-order valence-electron chi connectivity index (χ0n) is 19.0. The Morgan fingerprint density at radius 2 is 1.78 bits per heavy atom. The highest BCUT2D eigenvalue weighted by molar-refractivity contribution is 6.30. The van der Waals surface area contributed by atoms with Crippen molar-refractivity contribution in [2.45, 2.75) is 37.5 Å². The van der Waals surface area contributed by atoms with Gasteiger partial charge in [-0.05, 0) is 54.6 Å². The summed E-state index contributed by atoms with van der Waals surface area (Å²) in [7, 11) is 0. The molecule has 0 spiro atoms. The molecular formula is C25H25Cl2F6N3. The number of hydrogen-bond acceptors (Lipinski definition) is 2. The van der Waals surface area contributed by atoms with Crippen LogP contribution in [0.25, 0.3) is 11.3 Å². The summed E-state index contributed by atoms with van der Waals surface area (Å²) in [6, 6.07) is 12.0. The Bertz CT molecular complexity index is 1130. The van der Waals surface area contributed by atoms with Crippen LogP contribution in [0.2, 0.25) is 5.02 Å². The lowest BCUT2D eigenvalue weighted by atomic mass is 9.89. The molecule has 2 atom stereocenters. The van der Waals surface area contributed by atoms with Crippen LogP contribution in [0, 0.1) is 5.92 Å². The molecular weight excluding hydrogens is 527 g/mol. The summed E-state index contributed by atoms with van der Waals surface area (Å²) < 4.78 is 81.1. The quantitative estimate of drug-likeness (QED) is 0.317. The average molecular weight is 552 g/mol. The van der Waals surface area contributed by atoms with Gasteiger partial charge in [0.1, 0.15) is 5.82 Å². The molecule has 11 heteroatoms. The van der Waals surface area contributed by atoms with Crippen LogP contribution in [0.5, 0.6) is 0 Å². The summed E-state index contributed by atoms with van der Waals surface area (Å²) >= 11 is 5.89. The number of halogens is 8.